The van der Waals surface area contributed by atoms with Crippen LogP contribution in [0.4, 0.5) is 5.69 Å². The molecular formula is C15H22N2O2. The molecule has 1 aromatic rings. The maximum absolute atomic E-state index is 11.8. The zero-order valence-electron chi connectivity index (χ0n) is 11.6. The second-order valence-electron chi connectivity index (χ2n) is 5.35. The number of ether oxygens (including phenoxy) is 1. The van der Waals surface area contributed by atoms with Crippen LogP contribution in [0.2, 0.25) is 0 Å². The van der Waals surface area contributed by atoms with Crippen molar-refractivity contribution in [3.63, 3.8) is 0 Å². The fourth-order valence-electron chi connectivity index (χ4n) is 2.62. The lowest BCUT2D eigenvalue weighted by Gasteiger charge is -2.28. The highest BCUT2D eigenvalue weighted by Gasteiger charge is 2.22. The van der Waals surface area contributed by atoms with Crippen LogP contribution in [-0.2, 0) is 0 Å². The second-order valence-corrected chi connectivity index (χ2v) is 5.35. The van der Waals surface area contributed by atoms with E-state index in [2.05, 4.69) is 12.2 Å². The van der Waals surface area contributed by atoms with Gasteiger partial charge in [-0.3, -0.25) is 4.79 Å². The van der Waals surface area contributed by atoms with E-state index in [0.29, 0.717) is 22.9 Å². The molecule has 2 unspecified atom stereocenters. The average molecular weight is 262 g/mol. The molecule has 1 amide bonds. The number of anilines is 1. The lowest BCUT2D eigenvalue weighted by atomic mass is 9.88. The molecule has 1 aliphatic rings. The minimum absolute atomic E-state index is 0.140. The third-order valence-electron chi connectivity index (χ3n) is 3.66. The van der Waals surface area contributed by atoms with Crippen LogP contribution in [0.1, 0.15) is 43.0 Å². The number of amides is 1. The van der Waals surface area contributed by atoms with Crippen molar-refractivity contribution in [3.8, 4) is 5.75 Å². The molecule has 3 N–H and O–H groups in total. The summed E-state index contributed by atoms with van der Waals surface area (Å²) in [5.74, 6) is 1.14. The molecule has 2 atom stereocenters. The van der Waals surface area contributed by atoms with Gasteiger partial charge in [-0.05, 0) is 37.3 Å². The van der Waals surface area contributed by atoms with Crippen molar-refractivity contribution in [2.45, 2.75) is 38.7 Å². The van der Waals surface area contributed by atoms with Crippen LogP contribution in [-0.4, -0.2) is 19.1 Å². The highest BCUT2D eigenvalue weighted by molar-refractivity contribution is 5.97. The Labute approximate surface area is 114 Å². The summed E-state index contributed by atoms with van der Waals surface area (Å²) in [6.45, 7) is 2.24. The monoisotopic (exact) mass is 262 g/mol. The summed E-state index contributed by atoms with van der Waals surface area (Å²) in [6, 6.07) is 5.18. The topological polar surface area (TPSA) is 64.4 Å². The van der Waals surface area contributed by atoms with Crippen molar-refractivity contribution in [2.24, 2.45) is 5.92 Å². The number of hydrogen-bond acceptors (Lipinski definition) is 3. The molecule has 2 rings (SSSR count). The number of nitrogens with one attached hydrogen (secondary N) is 1. The second kappa shape index (κ2) is 5.95. The first-order valence-electron chi connectivity index (χ1n) is 6.88. The van der Waals surface area contributed by atoms with E-state index in [1.807, 2.05) is 0 Å². The Morgan fingerprint density at radius 2 is 2.21 bits per heavy atom. The van der Waals surface area contributed by atoms with E-state index < -0.39 is 0 Å². The number of carbonyl (C=O) groups is 1. The van der Waals surface area contributed by atoms with Crippen LogP contribution < -0.4 is 15.8 Å². The molecule has 0 spiro atoms. The maximum atomic E-state index is 11.8. The molecule has 0 saturated heterocycles. The third kappa shape index (κ3) is 3.40. The first-order valence-corrected chi connectivity index (χ1v) is 6.88. The van der Waals surface area contributed by atoms with Crippen LogP contribution in [0.3, 0.4) is 0 Å². The Morgan fingerprint density at radius 3 is 2.89 bits per heavy atom. The average Bonchev–Trinajstić information content (AvgIpc) is 2.38. The summed E-state index contributed by atoms with van der Waals surface area (Å²) in [6.07, 6.45) is 4.73. The van der Waals surface area contributed by atoms with Gasteiger partial charge in [-0.1, -0.05) is 13.3 Å². The SMILES string of the molecule is CNC(=O)c1ccc(N)cc1OC1CCCC(C)C1. The Morgan fingerprint density at radius 1 is 1.42 bits per heavy atom. The fourth-order valence-corrected chi connectivity index (χ4v) is 2.62. The van der Waals surface area contributed by atoms with Crippen LogP contribution in [0, 0.1) is 5.92 Å². The van der Waals surface area contributed by atoms with Gasteiger partial charge in [-0.2, -0.15) is 0 Å². The Hall–Kier alpha value is -1.71. The van der Waals surface area contributed by atoms with Crippen LogP contribution in [0.25, 0.3) is 0 Å². The Kier molecular flexibility index (Phi) is 4.30. The van der Waals surface area contributed by atoms with Crippen molar-refractivity contribution >= 4 is 11.6 Å². The van der Waals surface area contributed by atoms with Crippen molar-refractivity contribution < 1.29 is 9.53 Å². The molecule has 19 heavy (non-hydrogen) atoms. The number of rotatable bonds is 3. The summed E-state index contributed by atoms with van der Waals surface area (Å²) < 4.78 is 6.02. The molecule has 1 aromatic carbocycles. The van der Waals surface area contributed by atoms with E-state index in [0.717, 1.165) is 12.8 Å². The number of hydrogen-bond donors (Lipinski definition) is 2. The molecule has 4 nitrogen and oxygen atoms in total. The van der Waals surface area contributed by atoms with Gasteiger partial charge in [0.1, 0.15) is 5.75 Å². The smallest absolute Gasteiger partial charge is 0.254 e. The standard InChI is InChI=1S/C15H22N2O2/c1-10-4-3-5-12(8-10)19-14-9-11(16)6-7-13(14)15(18)17-2/h6-7,9-10,12H,3-5,8,16H2,1-2H3,(H,17,18). The summed E-state index contributed by atoms with van der Waals surface area (Å²) in [5, 5.41) is 2.63. The van der Waals surface area contributed by atoms with Crippen LogP contribution in [0.15, 0.2) is 18.2 Å². The Balaban J connectivity index is 2.18. The molecule has 104 valence electrons. The summed E-state index contributed by atoms with van der Waals surface area (Å²) in [4.78, 5) is 11.8. The maximum Gasteiger partial charge on any atom is 0.254 e. The highest BCUT2D eigenvalue weighted by atomic mass is 16.5. The fraction of sp³-hybridized carbons (Fsp3) is 0.533. The predicted octanol–water partition coefficient (Wildman–Crippen LogP) is 2.59. The van der Waals surface area contributed by atoms with E-state index in [4.69, 9.17) is 10.5 Å². The number of benzene rings is 1. The minimum Gasteiger partial charge on any atom is -0.490 e. The number of carbonyl (C=O) groups excluding carboxylic acids is 1. The first-order chi connectivity index (χ1) is 9.10. The van der Waals surface area contributed by atoms with Crippen molar-refractivity contribution in [1.29, 1.82) is 0 Å². The molecule has 0 aromatic heterocycles. The molecule has 0 radical (unpaired) electrons. The quantitative estimate of drug-likeness (QED) is 0.823. The lowest BCUT2D eigenvalue weighted by molar-refractivity contribution is 0.0945. The van der Waals surface area contributed by atoms with Gasteiger partial charge in [0.25, 0.3) is 5.91 Å². The minimum atomic E-state index is -0.140. The van der Waals surface area contributed by atoms with Gasteiger partial charge in [0.15, 0.2) is 0 Å². The zero-order valence-corrected chi connectivity index (χ0v) is 11.6. The normalized spacial score (nSPS) is 22.8. The molecule has 0 bridgehead atoms. The van der Waals surface area contributed by atoms with Crippen LogP contribution in [0.5, 0.6) is 5.75 Å². The van der Waals surface area contributed by atoms with E-state index in [1.165, 1.54) is 12.8 Å². The molecule has 0 aliphatic heterocycles. The first kappa shape index (κ1) is 13.7. The van der Waals surface area contributed by atoms with Gasteiger partial charge >= 0.3 is 0 Å². The number of nitrogens with two attached hydrogens (primary N) is 1. The van der Waals surface area contributed by atoms with Gasteiger partial charge in [-0.15, -0.1) is 0 Å². The largest absolute Gasteiger partial charge is 0.490 e. The lowest BCUT2D eigenvalue weighted by Crippen LogP contribution is -2.26. The van der Waals surface area contributed by atoms with E-state index >= 15 is 0 Å². The summed E-state index contributed by atoms with van der Waals surface area (Å²) in [7, 11) is 1.62. The summed E-state index contributed by atoms with van der Waals surface area (Å²) >= 11 is 0. The molecule has 1 aliphatic carbocycles. The molecule has 1 fully saturated rings. The molecular weight excluding hydrogens is 240 g/mol. The third-order valence-corrected chi connectivity index (χ3v) is 3.66. The molecule has 1 saturated carbocycles. The predicted molar refractivity (Wildman–Crippen MR) is 76.3 cm³/mol. The highest BCUT2D eigenvalue weighted by Crippen LogP contribution is 2.30. The van der Waals surface area contributed by atoms with Gasteiger partial charge < -0.3 is 15.8 Å². The van der Waals surface area contributed by atoms with E-state index in [-0.39, 0.29) is 12.0 Å². The van der Waals surface area contributed by atoms with Gasteiger partial charge in [-0.25, -0.2) is 0 Å². The zero-order chi connectivity index (χ0) is 13.8. The summed E-state index contributed by atoms with van der Waals surface area (Å²) in [5.41, 5.74) is 6.96. The molecule has 0 heterocycles. The van der Waals surface area contributed by atoms with E-state index in [9.17, 15) is 4.79 Å². The van der Waals surface area contributed by atoms with Gasteiger partial charge in [0.05, 0.1) is 11.7 Å². The van der Waals surface area contributed by atoms with Crippen molar-refractivity contribution in [1.82, 2.24) is 5.32 Å². The van der Waals surface area contributed by atoms with Crippen LogP contribution >= 0.6 is 0 Å². The van der Waals surface area contributed by atoms with Gasteiger partial charge in [0, 0.05) is 18.8 Å². The Bertz CT molecular complexity index is 459. The molecule has 4 heteroatoms. The van der Waals surface area contributed by atoms with E-state index in [1.54, 1.807) is 25.2 Å². The van der Waals surface area contributed by atoms with Gasteiger partial charge in [0.2, 0.25) is 0 Å². The number of nitrogen functional groups attached to an aromatic ring is 1. The van der Waals surface area contributed by atoms with Crippen molar-refractivity contribution in [2.75, 3.05) is 12.8 Å². The van der Waals surface area contributed by atoms with Crippen molar-refractivity contribution in [3.05, 3.63) is 23.8 Å².